The normalized spacial score (nSPS) is 14.6. The summed E-state index contributed by atoms with van der Waals surface area (Å²) in [5.74, 6) is 0.00373. The maximum absolute atomic E-state index is 13.3. The van der Waals surface area contributed by atoms with Gasteiger partial charge >= 0.3 is 6.09 Å². The lowest BCUT2D eigenvalue weighted by molar-refractivity contribution is -0.118. The largest absolute Gasteiger partial charge is 0.450 e. The molecule has 2 aromatic rings. The van der Waals surface area contributed by atoms with Crippen LogP contribution in [-0.2, 0) is 14.3 Å². The highest BCUT2D eigenvalue weighted by Crippen LogP contribution is 2.27. The number of amides is 2. The van der Waals surface area contributed by atoms with Crippen molar-refractivity contribution in [2.45, 2.75) is 31.0 Å². The van der Waals surface area contributed by atoms with Crippen molar-refractivity contribution in [2.75, 3.05) is 45.7 Å². The summed E-state index contributed by atoms with van der Waals surface area (Å²) in [4.78, 5) is 43.8. The van der Waals surface area contributed by atoms with E-state index in [1.807, 2.05) is 12.1 Å². The van der Waals surface area contributed by atoms with Crippen LogP contribution in [0.3, 0.4) is 0 Å². The van der Waals surface area contributed by atoms with Gasteiger partial charge in [-0.05, 0) is 31.9 Å². The van der Waals surface area contributed by atoms with Crippen molar-refractivity contribution in [2.24, 2.45) is 0 Å². The van der Waals surface area contributed by atoms with E-state index in [1.165, 1.54) is 11.8 Å². The Kier molecular flexibility index (Phi) is 8.30. The zero-order valence-corrected chi connectivity index (χ0v) is 18.7. The van der Waals surface area contributed by atoms with Crippen LogP contribution in [0, 0.1) is 0 Å². The van der Waals surface area contributed by atoms with E-state index < -0.39 is 0 Å². The van der Waals surface area contributed by atoms with Crippen LogP contribution in [-0.4, -0.2) is 72.2 Å². The molecule has 0 aliphatic carbocycles. The molecule has 3 rings (SSSR count). The Morgan fingerprint density at radius 1 is 1.26 bits per heavy atom. The second kappa shape index (κ2) is 11.1. The molecule has 0 saturated carbocycles. The number of ether oxygens (including phenoxy) is 2. The number of piperidine rings is 1. The van der Waals surface area contributed by atoms with Crippen LogP contribution in [0.25, 0.3) is 10.9 Å². The summed E-state index contributed by atoms with van der Waals surface area (Å²) in [6, 6.07) is 7.11. The first-order valence-electron chi connectivity index (χ1n) is 10.4. The van der Waals surface area contributed by atoms with Crippen molar-refractivity contribution in [1.82, 2.24) is 19.8 Å². The number of hydrogen-bond donors (Lipinski definition) is 1. The van der Waals surface area contributed by atoms with E-state index in [0.29, 0.717) is 61.7 Å². The highest BCUT2D eigenvalue weighted by Gasteiger charge is 2.27. The molecule has 10 heteroatoms. The average molecular weight is 449 g/mol. The molecule has 0 atom stereocenters. The minimum Gasteiger partial charge on any atom is -0.450 e. The van der Waals surface area contributed by atoms with Crippen molar-refractivity contribution in [3.8, 4) is 0 Å². The van der Waals surface area contributed by atoms with Gasteiger partial charge < -0.3 is 19.7 Å². The molecule has 1 aliphatic rings. The lowest BCUT2D eigenvalue weighted by atomic mass is 10.0. The first kappa shape index (κ1) is 23.1. The van der Waals surface area contributed by atoms with Gasteiger partial charge in [-0.15, -0.1) is 0 Å². The third-order valence-corrected chi connectivity index (χ3v) is 6.04. The third-order valence-electron chi connectivity index (χ3n) is 5.09. The van der Waals surface area contributed by atoms with Gasteiger partial charge in [-0.25, -0.2) is 9.78 Å². The smallest absolute Gasteiger partial charge is 0.409 e. The maximum atomic E-state index is 13.3. The molecule has 0 spiro atoms. The molecule has 31 heavy (non-hydrogen) atoms. The van der Waals surface area contributed by atoms with Gasteiger partial charge in [0.1, 0.15) is 0 Å². The van der Waals surface area contributed by atoms with Crippen molar-refractivity contribution in [3.63, 3.8) is 0 Å². The molecule has 1 aromatic carbocycles. The monoisotopic (exact) mass is 448 g/mol. The van der Waals surface area contributed by atoms with Crippen molar-refractivity contribution in [1.29, 1.82) is 0 Å². The first-order valence-corrected chi connectivity index (χ1v) is 11.3. The van der Waals surface area contributed by atoms with Crippen LogP contribution in [0.15, 0.2) is 34.2 Å². The van der Waals surface area contributed by atoms with E-state index in [1.54, 1.807) is 35.6 Å². The van der Waals surface area contributed by atoms with E-state index in [-0.39, 0.29) is 29.4 Å². The molecular formula is C21H28N4O5S. The quantitative estimate of drug-likeness (QED) is 0.374. The molecule has 0 radical (unpaired) electrons. The second-order valence-electron chi connectivity index (χ2n) is 7.14. The van der Waals surface area contributed by atoms with Gasteiger partial charge in [0.25, 0.3) is 5.56 Å². The van der Waals surface area contributed by atoms with Crippen LogP contribution >= 0.6 is 11.8 Å². The van der Waals surface area contributed by atoms with Gasteiger partial charge in [-0.2, -0.15) is 0 Å². The molecule has 1 N–H and O–H groups in total. The molecule has 1 saturated heterocycles. The number of para-hydroxylation sites is 1. The molecule has 2 amide bonds. The fourth-order valence-corrected chi connectivity index (χ4v) is 4.44. The molecule has 2 heterocycles. The summed E-state index contributed by atoms with van der Waals surface area (Å²) in [7, 11) is 1.58. The summed E-state index contributed by atoms with van der Waals surface area (Å²) in [5, 5.41) is 3.84. The number of fused-ring (bicyclic) bond motifs is 1. The Bertz CT molecular complexity index is 972. The number of carbonyl (C=O) groups is 2. The number of benzene rings is 1. The Labute approximate surface area is 185 Å². The Balaban J connectivity index is 1.81. The molecule has 1 aliphatic heterocycles. The number of aromatic nitrogens is 2. The lowest BCUT2D eigenvalue weighted by Crippen LogP contribution is -2.41. The fraction of sp³-hybridized carbons (Fsp3) is 0.524. The van der Waals surface area contributed by atoms with Crippen LogP contribution in [0.2, 0.25) is 0 Å². The maximum Gasteiger partial charge on any atom is 0.409 e. The van der Waals surface area contributed by atoms with Crippen molar-refractivity contribution < 1.29 is 19.1 Å². The Morgan fingerprint density at radius 3 is 2.71 bits per heavy atom. The zero-order chi connectivity index (χ0) is 22.2. The summed E-state index contributed by atoms with van der Waals surface area (Å²) in [6.07, 6.45) is 0.908. The van der Waals surface area contributed by atoms with Gasteiger partial charge in [0.05, 0.1) is 29.9 Å². The van der Waals surface area contributed by atoms with Crippen LogP contribution < -0.4 is 10.9 Å². The minimum absolute atomic E-state index is 0.102. The molecule has 0 unspecified atom stereocenters. The zero-order valence-electron chi connectivity index (χ0n) is 17.8. The van der Waals surface area contributed by atoms with E-state index in [0.717, 1.165) is 0 Å². The second-order valence-corrected chi connectivity index (χ2v) is 8.08. The highest BCUT2D eigenvalue weighted by atomic mass is 32.2. The Morgan fingerprint density at radius 2 is 2.00 bits per heavy atom. The molecule has 0 bridgehead atoms. The van der Waals surface area contributed by atoms with Gasteiger partial charge in [0, 0.05) is 32.8 Å². The summed E-state index contributed by atoms with van der Waals surface area (Å²) in [6.45, 7) is 3.99. The minimum atomic E-state index is -0.327. The van der Waals surface area contributed by atoms with Gasteiger partial charge in [-0.1, -0.05) is 23.9 Å². The third kappa shape index (κ3) is 5.76. The molecule has 9 nitrogen and oxygen atoms in total. The first-order chi connectivity index (χ1) is 15.0. The van der Waals surface area contributed by atoms with Crippen LogP contribution in [0.1, 0.15) is 25.8 Å². The van der Waals surface area contributed by atoms with E-state index >= 15 is 0 Å². The number of nitrogens with zero attached hydrogens (tertiary/aromatic N) is 3. The number of thioether (sulfide) groups is 1. The number of methoxy groups -OCH3 is 1. The number of carbonyl (C=O) groups excluding carboxylic acids is 2. The van der Waals surface area contributed by atoms with Gasteiger partial charge in [0.2, 0.25) is 5.91 Å². The lowest BCUT2D eigenvalue weighted by Gasteiger charge is -2.33. The molecule has 1 fully saturated rings. The molecular weight excluding hydrogens is 420 g/mol. The van der Waals surface area contributed by atoms with Gasteiger partial charge in [0.15, 0.2) is 5.16 Å². The summed E-state index contributed by atoms with van der Waals surface area (Å²) in [5.41, 5.74) is 0.484. The molecule has 168 valence electrons. The van der Waals surface area contributed by atoms with E-state index in [2.05, 4.69) is 10.3 Å². The Hall–Kier alpha value is -2.59. The van der Waals surface area contributed by atoms with Crippen molar-refractivity contribution >= 4 is 34.7 Å². The SMILES string of the molecule is CCOC(=O)N1CCC(n2c(SCC(=O)NCCOC)nc3ccccc3c2=O)CC1. The molecule has 1 aromatic heterocycles. The number of rotatable bonds is 8. The summed E-state index contributed by atoms with van der Waals surface area (Å²) >= 11 is 1.24. The van der Waals surface area contributed by atoms with E-state index in [9.17, 15) is 14.4 Å². The fourth-order valence-electron chi connectivity index (χ4n) is 3.54. The van der Waals surface area contributed by atoms with E-state index in [4.69, 9.17) is 9.47 Å². The van der Waals surface area contributed by atoms with Crippen LogP contribution in [0.5, 0.6) is 0 Å². The topological polar surface area (TPSA) is 103 Å². The number of hydrogen-bond acceptors (Lipinski definition) is 7. The standard InChI is InChI=1S/C21H28N4O5S/c1-3-30-21(28)24-11-8-15(9-12-24)25-19(27)16-6-4-5-7-17(16)23-20(25)31-14-18(26)22-10-13-29-2/h4-7,15H,3,8-14H2,1-2H3,(H,22,26). The highest BCUT2D eigenvalue weighted by molar-refractivity contribution is 7.99. The predicted molar refractivity (Wildman–Crippen MR) is 118 cm³/mol. The average Bonchev–Trinajstić information content (AvgIpc) is 2.78. The number of nitrogens with one attached hydrogen (secondary N) is 1. The number of likely N-dealkylation sites (tertiary alicyclic amines) is 1. The van der Waals surface area contributed by atoms with Gasteiger partial charge in [-0.3, -0.25) is 14.2 Å². The van der Waals surface area contributed by atoms with Crippen LogP contribution in [0.4, 0.5) is 4.79 Å². The van der Waals surface area contributed by atoms with Crippen molar-refractivity contribution in [3.05, 3.63) is 34.6 Å². The summed E-state index contributed by atoms with van der Waals surface area (Å²) < 4.78 is 11.7. The predicted octanol–water partition coefficient (Wildman–Crippen LogP) is 2.04.